The van der Waals surface area contributed by atoms with Crippen molar-refractivity contribution in [1.82, 2.24) is 24.6 Å². The minimum Gasteiger partial charge on any atom is -0.472 e. The summed E-state index contributed by atoms with van der Waals surface area (Å²) in [7, 11) is 0. The maximum absolute atomic E-state index is 13.6. The zero-order valence-corrected chi connectivity index (χ0v) is 20.8. The summed E-state index contributed by atoms with van der Waals surface area (Å²) in [6, 6.07) is 9.52. The first-order valence-corrected chi connectivity index (χ1v) is 12.1. The van der Waals surface area contributed by atoms with Crippen molar-refractivity contribution >= 4 is 40.1 Å². The van der Waals surface area contributed by atoms with Crippen molar-refractivity contribution in [2.75, 3.05) is 26.3 Å². The van der Waals surface area contributed by atoms with Gasteiger partial charge < -0.3 is 19.4 Å². The van der Waals surface area contributed by atoms with E-state index in [-0.39, 0.29) is 43.4 Å². The molecule has 4 aromatic rings. The number of halogens is 1. The number of carbonyl (C=O) groups excluding carboxylic acids is 1. The molecule has 3 aromatic heterocycles. The second kappa shape index (κ2) is 10.9. The maximum Gasteiger partial charge on any atom is 0.259 e. The van der Waals surface area contributed by atoms with Crippen molar-refractivity contribution in [3.05, 3.63) is 64.2 Å². The Kier molecular flexibility index (Phi) is 7.85. The van der Waals surface area contributed by atoms with E-state index in [1.807, 2.05) is 46.8 Å². The van der Waals surface area contributed by atoms with Gasteiger partial charge in [-0.1, -0.05) is 13.5 Å². The van der Waals surface area contributed by atoms with Gasteiger partial charge in [0, 0.05) is 49.4 Å². The normalized spacial score (nSPS) is 18.0. The molecular formula is C27H32ClN5O4. The van der Waals surface area contributed by atoms with Crippen LogP contribution in [0.3, 0.4) is 0 Å². The third-order valence-corrected chi connectivity index (χ3v) is 7.03. The number of rotatable bonds is 4. The van der Waals surface area contributed by atoms with Gasteiger partial charge in [0.1, 0.15) is 6.10 Å². The van der Waals surface area contributed by atoms with Gasteiger partial charge in [-0.2, -0.15) is 5.10 Å². The first kappa shape index (κ1) is 26.6. The Bertz CT molecular complexity index is 1460. The SMILES string of the molecule is C.Cc1cc2[nH]c(=O)c3cnn(C4CCOCC4)c3c2cc1C(=O)N1CC[C@@H](Oc2ccccn2)C1.Cl. The van der Waals surface area contributed by atoms with E-state index >= 15 is 0 Å². The highest BCUT2D eigenvalue weighted by Gasteiger charge is 2.30. The predicted octanol–water partition coefficient (Wildman–Crippen LogP) is 4.28. The summed E-state index contributed by atoms with van der Waals surface area (Å²) >= 11 is 0. The van der Waals surface area contributed by atoms with Crippen LogP contribution >= 0.6 is 12.4 Å². The molecule has 5 heterocycles. The standard InChI is InChI=1S/C26H27N5O4.CH4.ClH/c1-16-12-22-20(24-21(25(32)29-22)14-28-31(24)17-6-10-34-11-7-17)13-19(16)26(33)30-9-5-18(15-30)35-23-4-2-3-8-27-23;;/h2-4,8,12-14,17-18H,5-7,9-11,15H2,1H3,(H,29,32);1H4;1H/t18-;;/m1../s1. The smallest absolute Gasteiger partial charge is 0.259 e. The first-order valence-electron chi connectivity index (χ1n) is 12.1. The molecule has 2 aliphatic rings. The highest BCUT2D eigenvalue weighted by atomic mass is 35.5. The fourth-order valence-corrected chi connectivity index (χ4v) is 5.20. The lowest BCUT2D eigenvalue weighted by atomic mass is 10.0. The number of aromatic amines is 1. The molecule has 2 saturated heterocycles. The summed E-state index contributed by atoms with van der Waals surface area (Å²) in [4.78, 5) is 35.4. The number of nitrogens with one attached hydrogen (secondary N) is 1. The minimum absolute atomic E-state index is 0. The van der Waals surface area contributed by atoms with Crippen LogP contribution in [0.2, 0.25) is 0 Å². The van der Waals surface area contributed by atoms with Crippen molar-refractivity contribution in [2.45, 2.75) is 45.8 Å². The Morgan fingerprint density at radius 2 is 1.97 bits per heavy atom. The summed E-state index contributed by atoms with van der Waals surface area (Å²) in [6.07, 6.45) is 5.67. The zero-order chi connectivity index (χ0) is 23.9. The van der Waals surface area contributed by atoms with Crippen LogP contribution < -0.4 is 10.3 Å². The highest BCUT2D eigenvalue weighted by Crippen LogP contribution is 2.30. The zero-order valence-electron chi connectivity index (χ0n) is 20.0. The molecule has 6 rings (SSSR count). The number of nitrogens with zero attached hydrogens (tertiary/aromatic N) is 4. The third-order valence-electron chi connectivity index (χ3n) is 7.03. The number of H-pyrrole nitrogens is 1. The number of amides is 1. The summed E-state index contributed by atoms with van der Waals surface area (Å²) in [6.45, 7) is 4.38. The fraction of sp³-hybridized carbons (Fsp3) is 0.407. The molecule has 37 heavy (non-hydrogen) atoms. The van der Waals surface area contributed by atoms with Crippen LogP contribution in [-0.2, 0) is 4.74 Å². The van der Waals surface area contributed by atoms with Gasteiger partial charge in [0.15, 0.2) is 0 Å². The maximum atomic E-state index is 13.6. The van der Waals surface area contributed by atoms with E-state index in [4.69, 9.17) is 9.47 Å². The minimum atomic E-state index is -0.168. The summed E-state index contributed by atoms with van der Waals surface area (Å²) in [5.74, 6) is 0.536. The average Bonchev–Trinajstić information content (AvgIpc) is 3.53. The molecule has 196 valence electrons. The Labute approximate surface area is 221 Å². The molecule has 2 fully saturated rings. The number of pyridine rings is 2. The fourth-order valence-electron chi connectivity index (χ4n) is 5.20. The van der Waals surface area contributed by atoms with E-state index in [2.05, 4.69) is 15.1 Å². The molecule has 0 radical (unpaired) electrons. The van der Waals surface area contributed by atoms with E-state index in [0.717, 1.165) is 35.7 Å². The van der Waals surface area contributed by atoms with E-state index in [1.165, 1.54) is 0 Å². The van der Waals surface area contributed by atoms with Gasteiger partial charge in [-0.3, -0.25) is 14.3 Å². The molecule has 2 aliphatic heterocycles. The summed E-state index contributed by atoms with van der Waals surface area (Å²) in [5, 5.41) is 5.95. The molecule has 1 aromatic carbocycles. The van der Waals surface area contributed by atoms with Gasteiger partial charge in [0.05, 0.1) is 35.2 Å². The average molecular weight is 526 g/mol. The molecule has 0 spiro atoms. The lowest BCUT2D eigenvalue weighted by Gasteiger charge is -2.23. The lowest BCUT2D eigenvalue weighted by Crippen LogP contribution is -2.31. The number of benzene rings is 1. The van der Waals surface area contributed by atoms with Crippen LogP contribution in [-0.4, -0.2) is 63.0 Å². The number of likely N-dealkylation sites (tertiary alicyclic amines) is 1. The van der Waals surface area contributed by atoms with Crippen LogP contribution in [0.25, 0.3) is 21.8 Å². The molecule has 1 atom stereocenters. The second-order valence-electron chi connectivity index (χ2n) is 9.31. The number of hydrogen-bond donors (Lipinski definition) is 1. The molecule has 0 saturated carbocycles. The number of aromatic nitrogens is 4. The molecule has 9 nitrogen and oxygen atoms in total. The Balaban J connectivity index is 0.00000160. The first-order chi connectivity index (χ1) is 17.1. The van der Waals surface area contributed by atoms with Crippen molar-refractivity contribution in [1.29, 1.82) is 0 Å². The Morgan fingerprint density at radius 3 is 2.73 bits per heavy atom. The van der Waals surface area contributed by atoms with E-state index in [9.17, 15) is 9.59 Å². The number of ether oxygens (including phenoxy) is 2. The van der Waals surface area contributed by atoms with Gasteiger partial charge in [-0.15, -0.1) is 12.4 Å². The van der Waals surface area contributed by atoms with Crippen LogP contribution in [0.15, 0.2) is 47.5 Å². The largest absolute Gasteiger partial charge is 0.472 e. The van der Waals surface area contributed by atoms with Gasteiger partial charge in [0.25, 0.3) is 11.5 Å². The van der Waals surface area contributed by atoms with Crippen LogP contribution in [0.4, 0.5) is 0 Å². The molecule has 0 bridgehead atoms. The Morgan fingerprint density at radius 1 is 1.16 bits per heavy atom. The topological polar surface area (TPSA) is 102 Å². The van der Waals surface area contributed by atoms with Gasteiger partial charge in [0.2, 0.25) is 5.88 Å². The van der Waals surface area contributed by atoms with E-state index in [1.54, 1.807) is 12.4 Å². The van der Waals surface area contributed by atoms with Crippen LogP contribution in [0.5, 0.6) is 5.88 Å². The molecule has 1 N–H and O–H groups in total. The summed E-state index contributed by atoms with van der Waals surface area (Å²) < 4.78 is 13.4. The third kappa shape index (κ3) is 4.93. The summed E-state index contributed by atoms with van der Waals surface area (Å²) in [5.41, 5.74) is 2.77. The lowest BCUT2D eigenvalue weighted by molar-refractivity contribution is 0.0675. The van der Waals surface area contributed by atoms with Gasteiger partial charge >= 0.3 is 0 Å². The molecule has 10 heteroatoms. The van der Waals surface area contributed by atoms with Crippen molar-refractivity contribution in [2.24, 2.45) is 0 Å². The second-order valence-corrected chi connectivity index (χ2v) is 9.31. The monoisotopic (exact) mass is 525 g/mol. The van der Waals surface area contributed by atoms with Gasteiger partial charge in [-0.05, 0) is 43.5 Å². The molecule has 0 unspecified atom stereocenters. The van der Waals surface area contributed by atoms with Crippen molar-refractivity contribution < 1.29 is 14.3 Å². The molecule has 0 aliphatic carbocycles. The quantitative estimate of drug-likeness (QED) is 0.426. The van der Waals surface area contributed by atoms with Crippen molar-refractivity contribution in [3.63, 3.8) is 0 Å². The van der Waals surface area contributed by atoms with Crippen LogP contribution in [0, 0.1) is 6.92 Å². The van der Waals surface area contributed by atoms with E-state index < -0.39 is 0 Å². The van der Waals surface area contributed by atoms with Gasteiger partial charge in [-0.25, -0.2) is 4.98 Å². The number of hydrogen-bond acceptors (Lipinski definition) is 6. The highest BCUT2D eigenvalue weighted by molar-refractivity contribution is 6.07. The number of carbonyl (C=O) groups is 1. The molecular weight excluding hydrogens is 494 g/mol. The van der Waals surface area contributed by atoms with Crippen molar-refractivity contribution in [3.8, 4) is 5.88 Å². The van der Waals surface area contributed by atoms with E-state index in [0.29, 0.717) is 48.6 Å². The molecule has 1 amide bonds. The Hall–Kier alpha value is -3.43. The predicted molar refractivity (Wildman–Crippen MR) is 145 cm³/mol. The number of fused-ring (bicyclic) bond motifs is 3. The van der Waals surface area contributed by atoms with Crippen LogP contribution in [0.1, 0.15) is 48.7 Å². The number of aryl methyl sites for hydroxylation is 1.